The lowest BCUT2D eigenvalue weighted by atomic mass is 9.98. The zero-order valence-corrected chi connectivity index (χ0v) is 11.0. The molecule has 2 heterocycles. The van der Waals surface area contributed by atoms with Gasteiger partial charge >= 0.3 is 6.18 Å². The van der Waals surface area contributed by atoms with E-state index in [4.69, 9.17) is 0 Å². The number of fused-ring (bicyclic) bond motifs is 2. The van der Waals surface area contributed by atoms with Gasteiger partial charge in [0.15, 0.2) is 0 Å². The molecule has 0 radical (unpaired) electrons. The van der Waals surface area contributed by atoms with E-state index in [0.717, 1.165) is 19.4 Å². The van der Waals surface area contributed by atoms with Gasteiger partial charge in [0, 0.05) is 24.5 Å². The van der Waals surface area contributed by atoms with E-state index in [1.807, 2.05) is 0 Å². The molecule has 5 heteroatoms. The highest BCUT2D eigenvalue weighted by Crippen LogP contribution is 2.30. The molecule has 2 nitrogen and oxygen atoms in total. The lowest BCUT2D eigenvalue weighted by Crippen LogP contribution is -2.48. The van der Waals surface area contributed by atoms with Crippen molar-refractivity contribution in [2.24, 2.45) is 0 Å². The van der Waals surface area contributed by atoms with Crippen molar-refractivity contribution < 1.29 is 13.2 Å². The molecule has 2 rings (SSSR count). The fraction of sp³-hybridized carbons (Fsp3) is 1.00. The first-order valence-electron chi connectivity index (χ1n) is 7.05. The van der Waals surface area contributed by atoms with Crippen molar-refractivity contribution in [3.8, 4) is 0 Å². The second-order valence-corrected chi connectivity index (χ2v) is 5.61. The maximum atomic E-state index is 12.2. The van der Waals surface area contributed by atoms with E-state index in [9.17, 15) is 13.2 Å². The molecule has 2 aliphatic rings. The molecule has 0 aromatic carbocycles. The minimum atomic E-state index is -4.01. The average molecular weight is 264 g/mol. The Bertz CT molecular complexity index is 255. The standard InChI is InChI=1S/C13H23F3N2/c1-2-18(7-3-6-13(14,15)16)12-8-10-4-5-11(9-12)17-10/h10-12,17H,2-9H2,1H3. The van der Waals surface area contributed by atoms with Crippen LogP contribution in [0.1, 0.15) is 45.4 Å². The third-order valence-corrected chi connectivity index (χ3v) is 4.28. The monoisotopic (exact) mass is 264 g/mol. The normalized spacial score (nSPS) is 32.2. The summed E-state index contributed by atoms with van der Waals surface area (Å²) in [6.07, 6.45) is 0.264. The van der Waals surface area contributed by atoms with E-state index in [-0.39, 0.29) is 6.42 Å². The number of halogens is 3. The largest absolute Gasteiger partial charge is 0.389 e. The fourth-order valence-corrected chi connectivity index (χ4v) is 3.41. The molecule has 0 saturated carbocycles. The summed E-state index contributed by atoms with van der Waals surface area (Å²) in [5, 5.41) is 3.57. The molecule has 106 valence electrons. The van der Waals surface area contributed by atoms with Gasteiger partial charge in [-0.05, 0) is 45.2 Å². The van der Waals surface area contributed by atoms with Gasteiger partial charge in [0.1, 0.15) is 0 Å². The molecule has 0 aromatic heterocycles. The van der Waals surface area contributed by atoms with Crippen molar-refractivity contribution >= 4 is 0 Å². The Hall–Kier alpha value is -0.290. The minimum Gasteiger partial charge on any atom is -0.311 e. The van der Waals surface area contributed by atoms with Crippen LogP contribution in [0.2, 0.25) is 0 Å². The summed E-state index contributed by atoms with van der Waals surface area (Å²) in [6.45, 7) is 3.50. The molecule has 0 spiro atoms. The zero-order chi connectivity index (χ0) is 13.2. The van der Waals surface area contributed by atoms with Crippen LogP contribution in [0.5, 0.6) is 0 Å². The highest BCUT2D eigenvalue weighted by molar-refractivity contribution is 4.95. The quantitative estimate of drug-likeness (QED) is 0.821. The lowest BCUT2D eigenvalue weighted by Gasteiger charge is -2.37. The van der Waals surface area contributed by atoms with Crippen LogP contribution in [0.3, 0.4) is 0 Å². The fourth-order valence-electron chi connectivity index (χ4n) is 3.41. The third-order valence-electron chi connectivity index (χ3n) is 4.28. The van der Waals surface area contributed by atoms with Gasteiger partial charge in [-0.25, -0.2) is 0 Å². The van der Waals surface area contributed by atoms with Gasteiger partial charge in [-0.2, -0.15) is 13.2 Å². The highest BCUT2D eigenvalue weighted by atomic mass is 19.4. The van der Waals surface area contributed by atoms with Crippen LogP contribution in [-0.2, 0) is 0 Å². The molecule has 18 heavy (non-hydrogen) atoms. The van der Waals surface area contributed by atoms with Crippen molar-refractivity contribution in [2.45, 2.75) is 69.8 Å². The summed E-state index contributed by atoms with van der Waals surface area (Å²) < 4.78 is 36.5. The number of alkyl halides is 3. The van der Waals surface area contributed by atoms with Crippen LogP contribution in [-0.4, -0.2) is 42.3 Å². The van der Waals surface area contributed by atoms with E-state index in [2.05, 4.69) is 17.1 Å². The molecule has 2 bridgehead atoms. The van der Waals surface area contributed by atoms with Crippen LogP contribution < -0.4 is 5.32 Å². The summed E-state index contributed by atoms with van der Waals surface area (Å²) in [4.78, 5) is 2.25. The number of nitrogens with one attached hydrogen (secondary N) is 1. The second kappa shape index (κ2) is 5.78. The predicted molar refractivity (Wildman–Crippen MR) is 65.5 cm³/mol. The molecule has 0 amide bonds. The van der Waals surface area contributed by atoms with Crippen LogP contribution in [0.4, 0.5) is 13.2 Å². The molecular weight excluding hydrogens is 241 g/mol. The smallest absolute Gasteiger partial charge is 0.311 e. The van der Waals surface area contributed by atoms with Gasteiger partial charge in [0.05, 0.1) is 0 Å². The second-order valence-electron chi connectivity index (χ2n) is 5.61. The molecule has 0 aromatic rings. The highest BCUT2D eigenvalue weighted by Gasteiger charge is 2.35. The number of piperidine rings is 1. The number of rotatable bonds is 5. The summed E-state index contributed by atoms with van der Waals surface area (Å²) in [6, 6.07) is 1.69. The Balaban J connectivity index is 1.78. The van der Waals surface area contributed by atoms with Crippen molar-refractivity contribution in [3.05, 3.63) is 0 Å². The van der Waals surface area contributed by atoms with Crippen molar-refractivity contribution in [2.75, 3.05) is 13.1 Å². The molecule has 1 N–H and O–H groups in total. The molecule has 2 fully saturated rings. The minimum absolute atomic E-state index is 0.233. The number of hydrogen-bond acceptors (Lipinski definition) is 2. The zero-order valence-electron chi connectivity index (χ0n) is 11.0. The van der Waals surface area contributed by atoms with Crippen molar-refractivity contribution in [3.63, 3.8) is 0 Å². The molecule has 2 atom stereocenters. The van der Waals surface area contributed by atoms with E-state index in [1.165, 1.54) is 12.8 Å². The Labute approximate surface area is 107 Å². The molecular formula is C13H23F3N2. The van der Waals surface area contributed by atoms with Gasteiger partial charge in [-0.15, -0.1) is 0 Å². The van der Waals surface area contributed by atoms with E-state index in [1.54, 1.807) is 0 Å². The first kappa shape index (κ1) is 14.1. The Kier molecular flexibility index (Phi) is 4.54. The Morgan fingerprint density at radius 1 is 1.17 bits per heavy atom. The third kappa shape index (κ3) is 3.85. The average Bonchev–Trinajstić information content (AvgIpc) is 2.62. The lowest BCUT2D eigenvalue weighted by molar-refractivity contribution is -0.136. The van der Waals surface area contributed by atoms with E-state index in [0.29, 0.717) is 24.7 Å². The molecule has 0 aliphatic carbocycles. The molecule has 2 unspecified atom stereocenters. The van der Waals surface area contributed by atoms with E-state index < -0.39 is 12.6 Å². The summed E-state index contributed by atoms with van der Waals surface area (Å²) >= 11 is 0. The number of hydrogen-bond donors (Lipinski definition) is 1. The first-order valence-corrected chi connectivity index (χ1v) is 7.05. The van der Waals surface area contributed by atoms with Crippen LogP contribution in [0.25, 0.3) is 0 Å². The van der Waals surface area contributed by atoms with Crippen LogP contribution in [0.15, 0.2) is 0 Å². The van der Waals surface area contributed by atoms with Gasteiger partial charge < -0.3 is 10.2 Å². The Morgan fingerprint density at radius 3 is 2.28 bits per heavy atom. The summed E-state index contributed by atoms with van der Waals surface area (Å²) in [5.41, 5.74) is 0. The summed E-state index contributed by atoms with van der Waals surface area (Å²) in [7, 11) is 0. The first-order chi connectivity index (χ1) is 8.48. The molecule has 2 aliphatic heterocycles. The van der Waals surface area contributed by atoms with Crippen molar-refractivity contribution in [1.82, 2.24) is 10.2 Å². The van der Waals surface area contributed by atoms with Crippen LogP contribution in [0, 0.1) is 0 Å². The van der Waals surface area contributed by atoms with Crippen molar-refractivity contribution in [1.29, 1.82) is 0 Å². The number of nitrogens with zero attached hydrogens (tertiary/aromatic N) is 1. The topological polar surface area (TPSA) is 15.3 Å². The van der Waals surface area contributed by atoms with Gasteiger partial charge in [-0.1, -0.05) is 6.92 Å². The maximum absolute atomic E-state index is 12.2. The molecule has 2 saturated heterocycles. The predicted octanol–water partition coefficient (Wildman–Crippen LogP) is 2.93. The Morgan fingerprint density at radius 2 is 1.78 bits per heavy atom. The van der Waals surface area contributed by atoms with Gasteiger partial charge in [-0.3, -0.25) is 0 Å². The van der Waals surface area contributed by atoms with Gasteiger partial charge in [0.25, 0.3) is 0 Å². The van der Waals surface area contributed by atoms with Gasteiger partial charge in [0.2, 0.25) is 0 Å². The maximum Gasteiger partial charge on any atom is 0.389 e. The summed E-state index contributed by atoms with van der Waals surface area (Å²) in [5.74, 6) is 0. The SMILES string of the molecule is CCN(CCCC(F)(F)F)C1CC2CCC(C1)N2. The van der Waals surface area contributed by atoms with E-state index >= 15 is 0 Å². The van der Waals surface area contributed by atoms with Crippen LogP contribution >= 0.6 is 0 Å².